The SMILES string of the molecule is CCNC(=O)CCNC(=O)c1cc2ccccc2c(N)n1. The maximum atomic E-state index is 12.0. The summed E-state index contributed by atoms with van der Waals surface area (Å²) >= 11 is 0. The van der Waals surface area contributed by atoms with Gasteiger partial charge in [-0.05, 0) is 18.4 Å². The van der Waals surface area contributed by atoms with Crippen LogP contribution in [0.25, 0.3) is 10.8 Å². The number of carbonyl (C=O) groups is 2. The number of fused-ring (bicyclic) bond motifs is 1. The third-order valence-corrected chi connectivity index (χ3v) is 3.01. The quantitative estimate of drug-likeness (QED) is 0.766. The maximum absolute atomic E-state index is 12.0. The highest BCUT2D eigenvalue weighted by Gasteiger charge is 2.10. The maximum Gasteiger partial charge on any atom is 0.270 e. The second-order valence-corrected chi connectivity index (χ2v) is 4.57. The van der Waals surface area contributed by atoms with E-state index in [0.717, 1.165) is 10.8 Å². The van der Waals surface area contributed by atoms with E-state index in [2.05, 4.69) is 15.6 Å². The van der Waals surface area contributed by atoms with E-state index in [0.29, 0.717) is 12.4 Å². The van der Waals surface area contributed by atoms with Crippen LogP contribution >= 0.6 is 0 Å². The molecule has 0 saturated heterocycles. The predicted molar refractivity (Wildman–Crippen MR) is 81.8 cm³/mol. The standard InChI is InChI=1S/C15H18N4O2/c1-2-17-13(20)7-8-18-15(21)12-9-10-5-3-4-6-11(10)14(16)19-12/h3-6,9H,2,7-8H2,1H3,(H2,16,19)(H,17,20)(H,18,21). The summed E-state index contributed by atoms with van der Waals surface area (Å²) < 4.78 is 0. The van der Waals surface area contributed by atoms with Crippen molar-refractivity contribution < 1.29 is 9.59 Å². The number of nitrogens with one attached hydrogen (secondary N) is 2. The fraction of sp³-hybridized carbons (Fsp3) is 0.267. The Morgan fingerprint density at radius 2 is 2.00 bits per heavy atom. The van der Waals surface area contributed by atoms with Crippen molar-refractivity contribution in [2.75, 3.05) is 18.8 Å². The van der Waals surface area contributed by atoms with E-state index < -0.39 is 0 Å². The van der Waals surface area contributed by atoms with Crippen LogP contribution in [0.5, 0.6) is 0 Å². The Labute approximate surface area is 122 Å². The minimum absolute atomic E-state index is 0.0937. The number of anilines is 1. The summed E-state index contributed by atoms with van der Waals surface area (Å²) in [5.74, 6) is -0.109. The molecule has 0 bridgehead atoms. The lowest BCUT2D eigenvalue weighted by Gasteiger charge is -2.07. The number of carbonyl (C=O) groups excluding carboxylic acids is 2. The number of benzene rings is 1. The van der Waals surface area contributed by atoms with Crippen molar-refractivity contribution in [3.05, 3.63) is 36.0 Å². The van der Waals surface area contributed by atoms with Crippen molar-refractivity contribution in [3.63, 3.8) is 0 Å². The number of nitrogen functional groups attached to an aromatic ring is 1. The summed E-state index contributed by atoms with van der Waals surface area (Å²) in [5.41, 5.74) is 6.11. The van der Waals surface area contributed by atoms with Crippen molar-refractivity contribution in [2.24, 2.45) is 0 Å². The normalized spacial score (nSPS) is 10.3. The molecular formula is C15H18N4O2. The van der Waals surface area contributed by atoms with Crippen LogP contribution in [0.2, 0.25) is 0 Å². The van der Waals surface area contributed by atoms with Crippen LogP contribution < -0.4 is 16.4 Å². The molecule has 2 amide bonds. The minimum atomic E-state index is -0.336. The highest BCUT2D eigenvalue weighted by molar-refractivity contribution is 5.99. The molecule has 0 atom stereocenters. The third kappa shape index (κ3) is 3.68. The first kappa shape index (κ1) is 14.8. The van der Waals surface area contributed by atoms with Crippen LogP contribution in [0.15, 0.2) is 30.3 Å². The van der Waals surface area contributed by atoms with E-state index in [1.807, 2.05) is 31.2 Å². The average Bonchev–Trinajstić information content (AvgIpc) is 2.47. The van der Waals surface area contributed by atoms with Crippen LogP contribution in [0.4, 0.5) is 5.82 Å². The lowest BCUT2D eigenvalue weighted by molar-refractivity contribution is -0.120. The smallest absolute Gasteiger partial charge is 0.270 e. The molecule has 1 aromatic heterocycles. The van der Waals surface area contributed by atoms with Crippen molar-refractivity contribution in [2.45, 2.75) is 13.3 Å². The zero-order valence-corrected chi connectivity index (χ0v) is 11.8. The van der Waals surface area contributed by atoms with Crippen molar-refractivity contribution in [3.8, 4) is 0 Å². The van der Waals surface area contributed by atoms with E-state index in [-0.39, 0.29) is 30.5 Å². The lowest BCUT2D eigenvalue weighted by Crippen LogP contribution is -2.31. The molecule has 2 aromatic rings. The van der Waals surface area contributed by atoms with Gasteiger partial charge in [0.25, 0.3) is 5.91 Å². The van der Waals surface area contributed by atoms with Gasteiger partial charge < -0.3 is 16.4 Å². The molecule has 1 heterocycles. The molecule has 0 aliphatic heterocycles. The summed E-state index contributed by atoms with van der Waals surface area (Å²) in [7, 11) is 0. The number of hydrogen-bond acceptors (Lipinski definition) is 4. The molecule has 21 heavy (non-hydrogen) atoms. The Morgan fingerprint density at radius 3 is 2.76 bits per heavy atom. The monoisotopic (exact) mass is 286 g/mol. The van der Waals surface area contributed by atoms with Crippen molar-refractivity contribution in [1.29, 1.82) is 0 Å². The first-order valence-corrected chi connectivity index (χ1v) is 6.82. The second-order valence-electron chi connectivity index (χ2n) is 4.57. The molecule has 6 heteroatoms. The molecule has 0 radical (unpaired) electrons. The Morgan fingerprint density at radius 1 is 1.24 bits per heavy atom. The molecular weight excluding hydrogens is 268 g/mol. The first-order valence-electron chi connectivity index (χ1n) is 6.82. The lowest BCUT2D eigenvalue weighted by atomic mass is 10.1. The van der Waals surface area contributed by atoms with Crippen LogP contribution in [0, 0.1) is 0 Å². The summed E-state index contributed by atoms with van der Waals surface area (Å²) in [6.45, 7) is 2.69. The van der Waals surface area contributed by atoms with Gasteiger partial charge in [0, 0.05) is 24.9 Å². The van der Waals surface area contributed by atoms with Gasteiger partial charge in [0.05, 0.1) is 0 Å². The van der Waals surface area contributed by atoms with Gasteiger partial charge in [-0.2, -0.15) is 0 Å². The van der Waals surface area contributed by atoms with Crippen LogP contribution in [0.3, 0.4) is 0 Å². The van der Waals surface area contributed by atoms with Crippen LogP contribution in [-0.2, 0) is 4.79 Å². The third-order valence-electron chi connectivity index (χ3n) is 3.01. The summed E-state index contributed by atoms with van der Waals surface area (Å²) in [6.07, 6.45) is 0.239. The van der Waals surface area contributed by atoms with Crippen LogP contribution in [0.1, 0.15) is 23.8 Å². The van der Waals surface area contributed by atoms with Crippen molar-refractivity contribution in [1.82, 2.24) is 15.6 Å². The number of aromatic nitrogens is 1. The number of nitrogens with two attached hydrogens (primary N) is 1. The van der Waals surface area contributed by atoms with Gasteiger partial charge in [0.15, 0.2) is 0 Å². The van der Waals surface area contributed by atoms with E-state index >= 15 is 0 Å². The number of hydrogen-bond donors (Lipinski definition) is 3. The fourth-order valence-corrected chi connectivity index (χ4v) is 2.01. The Balaban J connectivity index is 2.04. The Kier molecular flexibility index (Phi) is 4.71. The number of pyridine rings is 1. The molecule has 0 fully saturated rings. The average molecular weight is 286 g/mol. The Hall–Kier alpha value is -2.63. The van der Waals surface area contributed by atoms with Gasteiger partial charge in [-0.3, -0.25) is 9.59 Å². The van der Waals surface area contributed by atoms with Gasteiger partial charge in [0.1, 0.15) is 11.5 Å². The zero-order chi connectivity index (χ0) is 15.2. The van der Waals surface area contributed by atoms with Gasteiger partial charge in [-0.15, -0.1) is 0 Å². The van der Waals surface area contributed by atoms with E-state index in [1.54, 1.807) is 6.07 Å². The molecule has 110 valence electrons. The van der Waals surface area contributed by atoms with Crippen LogP contribution in [-0.4, -0.2) is 29.9 Å². The molecule has 0 aliphatic rings. The predicted octanol–water partition coefficient (Wildman–Crippen LogP) is 1.07. The van der Waals surface area contributed by atoms with E-state index in [9.17, 15) is 9.59 Å². The molecule has 0 spiro atoms. The molecule has 1 aromatic carbocycles. The molecule has 4 N–H and O–H groups in total. The topological polar surface area (TPSA) is 97.1 Å². The highest BCUT2D eigenvalue weighted by atomic mass is 16.2. The second kappa shape index (κ2) is 6.69. The summed E-state index contributed by atoms with van der Waals surface area (Å²) in [4.78, 5) is 27.4. The highest BCUT2D eigenvalue weighted by Crippen LogP contribution is 2.19. The molecule has 0 saturated carbocycles. The minimum Gasteiger partial charge on any atom is -0.383 e. The number of nitrogens with zero attached hydrogens (tertiary/aromatic N) is 1. The number of rotatable bonds is 5. The van der Waals surface area contributed by atoms with Gasteiger partial charge >= 0.3 is 0 Å². The molecule has 0 aliphatic carbocycles. The Bertz CT molecular complexity index is 670. The molecule has 2 rings (SSSR count). The van der Waals surface area contributed by atoms with E-state index in [4.69, 9.17) is 5.73 Å². The fourth-order valence-electron chi connectivity index (χ4n) is 2.01. The molecule has 0 unspecified atom stereocenters. The zero-order valence-electron chi connectivity index (χ0n) is 11.8. The van der Waals surface area contributed by atoms with E-state index in [1.165, 1.54) is 0 Å². The number of amides is 2. The van der Waals surface area contributed by atoms with Gasteiger partial charge in [0.2, 0.25) is 5.91 Å². The molecule has 6 nitrogen and oxygen atoms in total. The van der Waals surface area contributed by atoms with Gasteiger partial charge in [-0.1, -0.05) is 24.3 Å². The van der Waals surface area contributed by atoms with Crippen molar-refractivity contribution >= 4 is 28.4 Å². The summed E-state index contributed by atoms with van der Waals surface area (Å²) in [6, 6.07) is 9.16. The largest absolute Gasteiger partial charge is 0.383 e. The van der Waals surface area contributed by atoms with Gasteiger partial charge in [-0.25, -0.2) is 4.98 Å². The summed E-state index contributed by atoms with van der Waals surface area (Å²) in [5, 5.41) is 7.00. The first-order chi connectivity index (χ1) is 10.1.